The zero-order valence-electron chi connectivity index (χ0n) is 15.9. The molecule has 0 aliphatic rings. The summed E-state index contributed by atoms with van der Waals surface area (Å²) in [6.07, 6.45) is 0. The topological polar surface area (TPSA) is 81.7 Å². The van der Waals surface area contributed by atoms with Crippen LogP contribution in [0.1, 0.15) is 38.1 Å². The second-order valence-corrected chi connectivity index (χ2v) is 7.07. The minimum absolute atomic E-state index is 0.324. The van der Waals surface area contributed by atoms with Crippen molar-refractivity contribution in [1.82, 2.24) is 5.32 Å². The minimum Gasteiger partial charge on any atom is -0.452 e. The third kappa shape index (κ3) is 6.58. The van der Waals surface area contributed by atoms with E-state index in [0.29, 0.717) is 11.3 Å². The summed E-state index contributed by atoms with van der Waals surface area (Å²) in [4.78, 5) is 34.7. The first kappa shape index (κ1) is 20.2. The highest BCUT2D eigenvalue weighted by atomic mass is 16.5. The first-order valence-electron chi connectivity index (χ1n) is 8.51. The predicted molar refractivity (Wildman–Crippen MR) is 101 cm³/mol. The average Bonchev–Trinajstić information content (AvgIpc) is 2.58. The molecule has 0 saturated heterocycles. The Hall–Kier alpha value is -3.15. The Bertz CT molecular complexity index is 817. The second kappa shape index (κ2) is 8.49. The molecule has 1 amide bonds. The fraction of sp³-hybridized carbons (Fsp3) is 0.286. The molecule has 0 aliphatic carbocycles. The Morgan fingerprint density at radius 2 is 1.41 bits per heavy atom. The lowest BCUT2D eigenvalue weighted by atomic mass is 10.0. The molecule has 0 radical (unpaired) electrons. The monoisotopic (exact) mass is 369 g/mol. The van der Waals surface area contributed by atoms with Gasteiger partial charge in [0, 0.05) is 12.5 Å². The number of benzene rings is 2. The van der Waals surface area contributed by atoms with E-state index in [1.807, 2.05) is 32.9 Å². The Morgan fingerprint density at radius 1 is 0.889 bits per heavy atom. The van der Waals surface area contributed by atoms with Gasteiger partial charge in [-0.1, -0.05) is 24.3 Å². The summed E-state index contributed by atoms with van der Waals surface area (Å²) in [6, 6.07) is 13.9. The number of esters is 2. The van der Waals surface area contributed by atoms with E-state index < -0.39 is 5.97 Å². The smallest absolute Gasteiger partial charge is 0.338 e. The summed E-state index contributed by atoms with van der Waals surface area (Å²) in [5.74, 6) is -0.807. The normalized spacial score (nSPS) is 10.8. The van der Waals surface area contributed by atoms with Crippen molar-refractivity contribution in [2.45, 2.75) is 33.2 Å². The number of nitrogens with one attached hydrogen (secondary N) is 1. The SMILES string of the molecule is CC(=O)Oc1ccc(-c2ccc(C(=O)OCC(=O)NC(C)(C)C)cc2)cc1. The fourth-order valence-corrected chi connectivity index (χ4v) is 2.35. The van der Waals surface area contributed by atoms with Gasteiger partial charge < -0.3 is 14.8 Å². The maximum atomic E-state index is 12.1. The van der Waals surface area contributed by atoms with Gasteiger partial charge in [0.2, 0.25) is 0 Å². The van der Waals surface area contributed by atoms with E-state index in [1.54, 1.807) is 36.4 Å². The van der Waals surface area contributed by atoms with Crippen LogP contribution in [0.4, 0.5) is 0 Å². The van der Waals surface area contributed by atoms with Crippen LogP contribution >= 0.6 is 0 Å². The van der Waals surface area contributed by atoms with Crippen molar-refractivity contribution in [2.75, 3.05) is 6.61 Å². The van der Waals surface area contributed by atoms with Gasteiger partial charge in [-0.25, -0.2) is 4.79 Å². The van der Waals surface area contributed by atoms with Crippen molar-refractivity contribution in [3.8, 4) is 16.9 Å². The number of rotatable bonds is 5. The zero-order chi connectivity index (χ0) is 20.0. The van der Waals surface area contributed by atoms with Gasteiger partial charge in [0.05, 0.1) is 5.56 Å². The summed E-state index contributed by atoms with van der Waals surface area (Å²) in [6.45, 7) is 6.58. The highest BCUT2D eigenvalue weighted by Gasteiger charge is 2.16. The molecule has 0 unspecified atom stereocenters. The predicted octanol–water partition coefficient (Wildman–Crippen LogP) is 3.35. The Labute approximate surface area is 158 Å². The molecule has 0 saturated carbocycles. The number of hydrogen-bond acceptors (Lipinski definition) is 5. The molecule has 6 nitrogen and oxygen atoms in total. The van der Waals surface area contributed by atoms with E-state index in [4.69, 9.17) is 9.47 Å². The van der Waals surface area contributed by atoms with Gasteiger partial charge >= 0.3 is 11.9 Å². The van der Waals surface area contributed by atoms with Crippen LogP contribution in [-0.2, 0) is 14.3 Å². The van der Waals surface area contributed by atoms with Gasteiger partial charge in [-0.05, 0) is 56.2 Å². The van der Waals surface area contributed by atoms with Crippen LogP contribution in [0.5, 0.6) is 5.75 Å². The van der Waals surface area contributed by atoms with Gasteiger partial charge in [-0.3, -0.25) is 9.59 Å². The molecule has 1 N–H and O–H groups in total. The summed E-state index contributed by atoms with van der Waals surface area (Å²) in [5, 5.41) is 2.73. The van der Waals surface area contributed by atoms with E-state index in [1.165, 1.54) is 6.92 Å². The van der Waals surface area contributed by atoms with Crippen molar-refractivity contribution in [2.24, 2.45) is 0 Å². The van der Waals surface area contributed by atoms with E-state index in [-0.39, 0.29) is 24.0 Å². The van der Waals surface area contributed by atoms with Gasteiger partial charge in [0.1, 0.15) is 5.75 Å². The molecule has 0 fully saturated rings. The van der Waals surface area contributed by atoms with Crippen LogP contribution in [0.2, 0.25) is 0 Å². The van der Waals surface area contributed by atoms with Crippen molar-refractivity contribution >= 4 is 17.8 Å². The van der Waals surface area contributed by atoms with E-state index in [0.717, 1.165) is 11.1 Å². The first-order valence-corrected chi connectivity index (χ1v) is 8.51. The molecule has 0 aliphatic heterocycles. The maximum Gasteiger partial charge on any atom is 0.338 e. The van der Waals surface area contributed by atoms with Crippen molar-refractivity contribution in [3.05, 3.63) is 54.1 Å². The highest BCUT2D eigenvalue weighted by molar-refractivity contribution is 5.92. The van der Waals surface area contributed by atoms with Crippen LogP contribution in [0, 0.1) is 0 Å². The molecule has 2 rings (SSSR count). The lowest BCUT2D eigenvalue weighted by Crippen LogP contribution is -2.42. The largest absolute Gasteiger partial charge is 0.452 e. The number of ether oxygens (including phenoxy) is 2. The molecule has 0 spiro atoms. The summed E-state index contributed by atoms with van der Waals surface area (Å²) in [7, 11) is 0. The summed E-state index contributed by atoms with van der Waals surface area (Å²) < 4.78 is 10.0. The molecule has 27 heavy (non-hydrogen) atoms. The lowest BCUT2D eigenvalue weighted by molar-refractivity contribution is -0.132. The molecule has 0 aromatic heterocycles. The first-order chi connectivity index (χ1) is 12.6. The van der Waals surface area contributed by atoms with Crippen molar-refractivity contribution < 1.29 is 23.9 Å². The third-order valence-electron chi connectivity index (χ3n) is 3.42. The molecule has 6 heteroatoms. The number of amides is 1. The van der Waals surface area contributed by atoms with E-state index in [2.05, 4.69) is 5.32 Å². The Kier molecular flexibility index (Phi) is 6.34. The van der Waals surface area contributed by atoms with Gasteiger partial charge in [-0.15, -0.1) is 0 Å². The molecule has 2 aromatic carbocycles. The Morgan fingerprint density at radius 3 is 1.89 bits per heavy atom. The van der Waals surface area contributed by atoms with Crippen LogP contribution in [0.15, 0.2) is 48.5 Å². The second-order valence-electron chi connectivity index (χ2n) is 7.07. The molecular weight excluding hydrogens is 346 g/mol. The van der Waals surface area contributed by atoms with Crippen LogP contribution in [0.25, 0.3) is 11.1 Å². The molecular formula is C21H23NO5. The minimum atomic E-state index is -0.559. The fourth-order valence-electron chi connectivity index (χ4n) is 2.35. The number of carbonyl (C=O) groups is 3. The molecule has 2 aromatic rings. The standard InChI is InChI=1S/C21H23NO5/c1-14(23)27-18-11-9-16(10-12-18)15-5-7-17(8-6-15)20(25)26-13-19(24)22-21(2,3)4/h5-12H,13H2,1-4H3,(H,22,24). The molecule has 0 heterocycles. The molecule has 142 valence electrons. The molecule has 0 atom stereocenters. The van der Waals surface area contributed by atoms with Crippen LogP contribution in [0.3, 0.4) is 0 Å². The van der Waals surface area contributed by atoms with Gasteiger partial charge in [0.25, 0.3) is 5.91 Å². The summed E-state index contributed by atoms with van der Waals surface area (Å²) >= 11 is 0. The van der Waals surface area contributed by atoms with Crippen molar-refractivity contribution in [1.29, 1.82) is 0 Å². The zero-order valence-corrected chi connectivity index (χ0v) is 15.9. The lowest BCUT2D eigenvalue weighted by Gasteiger charge is -2.20. The maximum absolute atomic E-state index is 12.1. The van der Waals surface area contributed by atoms with E-state index in [9.17, 15) is 14.4 Å². The third-order valence-corrected chi connectivity index (χ3v) is 3.42. The summed E-state index contributed by atoms with van der Waals surface area (Å²) in [5.41, 5.74) is 1.79. The number of carbonyl (C=O) groups excluding carboxylic acids is 3. The van der Waals surface area contributed by atoms with Gasteiger partial charge in [-0.2, -0.15) is 0 Å². The molecule has 0 bridgehead atoms. The van der Waals surface area contributed by atoms with Crippen LogP contribution < -0.4 is 10.1 Å². The Balaban J connectivity index is 1.97. The number of hydrogen-bond donors (Lipinski definition) is 1. The van der Waals surface area contributed by atoms with E-state index >= 15 is 0 Å². The van der Waals surface area contributed by atoms with Crippen molar-refractivity contribution in [3.63, 3.8) is 0 Å². The van der Waals surface area contributed by atoms with Crippen LogP contribution in [-0.4, -0.2) is 30.0 Å². The quantitative estimate of drug-likeness (QED) is 0.646. The van der Waals surface area contributed by atoms with Gasteiger partial charge in [0.15, 0.2) is 6.61 Å². The average molecular weight is 369 g/mol. The highest BCUT2D eigenvalue weighted by Crippen LogP contribution is 2.23.